The summed E-state index contributed by atoms with van der Waals surface area (Å²) in [5.74, 6) is 0.527. The highest BCUT2D eigenvalue weighted by Gasteiger charge is 2.18. The Morgan fingerprint density at radius 1 is 1.38 bits per heavy atom. The first-order chi connectivity index (χ1) is 10.1. The van der Waals surface area contributed by atoms with Crippen molar-refractivity contribution in [2.45, 2.75) is 19.4 Å². The van der Waals surface area contributed by atoms with E-state index in [2.05, 4.69) is 10.3 Å². The summed E-state index contributed by atoms with van der Waals surface area (Å²) in [4.78, 5) is 4.10. The van der Waals surface area contributed by atoms with Crippen LogP contribution in [0.2, 0.25) is 5.02 Å². The highest BCUT2D eigenvalue weighted by atomic mass is 35.5. The second-order valence-electron chi connectivity index (χ2n) is 4.53. The lowest BCUT2D eigenvalue weighted by atomic mass is 10.0. The smallest absolute Gasteiger partial charge is 0.182 e. The van der Waals surface area contributed by atoms with Gasteiger partial charge in [0.25, 0.3) is 0 Å². The molecular weight excluding hydrogens is 293 g/mol. The third-order valence-corrected chi connectivity index (χ3v) is 3.43. The van der Waals surface area contributed by atoms with Gasteiger partial charge in [-0.3, -0.25) is 0 Å². The van der Waals surface area contributed by atoms with Crippen LogP contribution in [0.15, 0.2) is 30.5 Å². The molecule has 21 heavy (non-hydrogen) atoms. The lowest BCUT2D eigenvalue weighted by Gasteiger charge is -2.15. The third kappa shape index (κ3) is 3.43. The minimum absolute atomic E-state index is 0.0305. The standard InChI is InChI=1S/C15H17ClFN3O/c1-3-12(18)10-5-6-11(16)15(14(10)17)21-9-4-7-13(19-2)20-8-9/h4-8,12H,3,18H2,1-2H3,(H,19,20)/t12-/m1/s1. The summed E-state index contributed by atoms with van der Waals surface area (Å²) in [7, 11) is 1.76. The molecule has 0 aliphatic rings. The Morgan fingerprint density at radius 3 is 2.71 bits per heavy atom. The molecule has 0 radical (unpaired) electrons. The average molecular weight is 310 g/mol. The largest absolute Gasteiger partial charge is 0.451 e. The van der Waals surface area contributed by atoms with Crippen LogP contribution in [0, 0.1) is 5.82 Å². The van der Waals surface area contributed by atoms with Crippen molar-refractivity contribution in [1.29, 1.82) is 0 Å². The van der Waals surface area contributed by atoms with Gasteiger partial charge in [0.2, 0.25) is 0 Å². The summed E-state index contributed by atoms with van der Waals surface area (Å²) >= 11 is 6.02. The number of ether oxygens (including phenoxy) is 1. The predicted molar refractivity (Wildman–Crippen MR) is 82.5 cm³/mol. The van der Waals surface area contributed by atoms with Gasteiger partial charge < -0.3 is 15.8 Å². The fourth-order valence-electron chi connectivity index (χ4n) is 1.85. The Morgan fingerprint density at radius 2 is 2.14 bits per heavy atom. The molecule has 112 valence electrons. The monoisotopic (exact) mass is 309 g/mol. The van der Waals surface area contributed by atoms with Crippen LogP contribution in [-0.2, 0) is 0 Å². The maximum Gasteiger partial charge on any atom is 0.182 e. The van der Waals surface area contributed by atoms with E-state index in [9.17, 15) is 4.39 Å². The summed E-state index contributed by atoms with van der Waals surface area (Å²) in [5, 5.41) is 3.08. The fourth-order valence-corrected chi connectivity index (χ4v) is 2.04. The minimum Gasteiger partial charge on any atom is -0.451 e. The van der Waals surface area contributed by atoms with Crippen molar-refractivity contribution in [3.63, 3.8) is 0 Å². The number of nitrogens with two attached hydrogens (primary N) is 1. The summed E-state index contributed by atoms with van der Waals surface area (Å²) in [6, 6.07) is 6.18. The van der Waals surface area contributed by atoms with Gasteiger partial charge in [0.05, 0.1) is 11.2 Å². The lowest BCUT2D eigenvalue weighted by molar-refractivity contribution is 0.433. The van der Waals surface area contributed by atoms with Gasteiger partial charge in [-0.15, -0.1) is 0 Å². The van der Waals surface area contributed by atoms with Crippen molar-refractivity contribution in [1.82, 2.24) is 4.98 Å². The number of nitrogens with zero attached hydrogens (tertiary/aromatic N) is 1. The second kappa shape index (κ2) is 6.74. The molecule has 1 heterocycles. The highest BCUT2D eigenvalue weighted by Crippen LogP contribution is 2.35. The van der Waals surface area contributed by atoms with E-state index < -0.39 is 11.9 Å². The van der Waals surface area contributed by atoms with E-state index in [1.165, 1.54) is 6.20 Å². The number of aromatic nitrogens is 1. The van der Waals surface area contributed by atoms with E-state index in [4.69, 9.17) is 22.1 Å². The van der Waals surface area contributed by atoms with E-state index in [-0.39, 0.29) is 10.8 Å². The van der Waals surface area contributed by atoms with Crippen LogP contribution in [0.4, 0.5) is 10.2 Å². The molecule has 1 atom stereocenters. The number of anilines is 1. The van der Waals surface area contributed by atoms with Gasteiger partial charge in [-0.2, -0.15) is 0 Å². The topological polar surface area (TPSA) is 60.2 Å². The van der Waals surface area contributed by atoms with Crippen molar-refractivity contribution in [3.05, 3.63) is 46.9 Å². The van der Waals surface area contributed by atoms with Crippen LogP contribution < -0.4 is 15.8 Å². The molecule has 1 aromatic heterocycles. The molecule has 0 spiro atoms. The maximum atomic E-state index is 14.5. The summed E-state index contributed by atoms with van der Waals surface area (Å²) in [6.07, 6.45) is 2.12. The molecule has 2 rings (SSSR count). The Bertz CT molecular complexity index is 619. The molecular formula is C15H17ClFN3O. The molecule has 0 bridgehead atoms. The first-order valence-corrected chi connectivity index (χ1v) is 6.99. The van der Waals surface area contributed by atoms with E-state index in [0.29, 0.717) is 23.6 Å². The van der Waals surface area contributed by atoms with Crippen LogP contribution in [0.25, 0.3) is 0 Å². The summed E-state index contributed by atoms with van der Waals surface area (Å²) in [5.41, 5.74) is 6.27. The van der Waals surface area contributed by atoms with Crippen LogP contribution in [-0.4, -0.2) is 12.0 Å². The quantitative estimate of drug-likeness (QED) is 0.872. The number of hydrogen-bond acceptors (Lipinski definition) is 4. The zero-order chi connectivity index (χ0) is 15.4. The Labute approximate surface area is 128 Å². The van der Waals surface area contributed by atoms with Crippen LogP contribution in [0.3, 0.4) is 0 Å². The van der Waals surface area contributed by atoms with Gasteiger partial charge in [0.1, 0.15) is 11.6 Å². The Balaban J connectivity index is 2.33. The fraction of sp³-hybridized carbons (Fsp3) is 0.267. The normalized spacial score (nSPS) is 12.0. The Hall–Kier alpha value is -1.85. The molecule has 0 aliphatic carbocycles. The maximum absolute atomic E-state index is 14.5. The van der Waals surface area contributed by atoms with Crippen LogP contribution in [0.5, 0.6) is 11.5 Å². The predicted octanol–water partition coefficient (Wildman–Crippen LogP) is 4.12. The number of pyridine rings is 1. The molecule has 2 aromatic rings. The van der Waals surface area contributed by atoms with Gasteiger partial charge in [0, 0.05) is 18.7 Å². The second-order valence-corrected chi connectivity index (χ2v) is 4.93. The molecule has 0 saturated heterocycles. The van der Waals surface area contributed by atoms with Crippen molar-refractivity contribution in [3.8, 4) is 11.5 Å². The highest BCUT2D eigenvalue weighted by molar-refractivity contribution is 6.32. The first kappa shape index (κ1) is 15.5. The average Bonchev–Trinajstić information content (AvgIpc) is 2.51. The zero-order valence-corrected chi connectivity index (χ0v) is 12.6. The van der Waals surface area contributed by atoms with E-state index in [1.54, 1.807) is 31.3 Å². The summed E-state index contributed by atoms with van der Waals surface area (Å²) < 4.78 is 20.0. The molecule has 1 aromatic carbocycles. The minimum atomic E-state index is -0.533. The number of rotatable bonds is 5. The van der Waals surface area contributed by atoms with Crippen molar-refractivity contribution in [2.24, 2.45) is 5.73 Å². The third-order valence-electron chi connectivity index (χ3n) is 3.13. The van der Waals surface area contributed by atoms with Crippen LogP contribution in [0.1, 0.15) is 24.9 Å². The van der Waals surface area contributed by atoms with Gasteiger partial charge in [-0.1, -0.05) is 24.6 Å². The van der Waals surface area contributed by atoms with Gasteiger partial charge >= 0.3 is 0 Å². The molecule has 0 saturated carbocycles. The van der Waals surface area contributed by atoms with Crippen molar-refractivity contribution >= 4 is 17.4 Å². The van der Waals surface area contributed by atoms with Gasteiger partial charge in [-0.05, 0) is 24.6 Å². The number of hydrogen-bond donors (Lipinski definition) is 2. The number of benzene rings is 1. The molecule has 6 heteroatoms. The zero-order valence-electron chi connectivity index (χ0n) is 11.9. The number of nitrogens with one attached hydrogen (secondary N) is 1. The van der Waals surface area contributed by atoms with E-state index >= 15 is 0 Å². The lowest BCUT2D eigenvalue weighted by Crippen LogP contribution is -2.11. The summed E-state index contributed by atoms with van der Waals surface area (Å²) in [6.45, 7) is 1.89. The first-order valence-electron chi connectivity index (χ1n) is 6.62. The van der Waals surface area contributed by atoms with E-state index in [0.717, 1.165) is 0 Å². The SMILES string of the molecule is CC[C@@H](N)c1ccc(Cl)c(Oc2ccc(NC)nc2)c1F. The molecule has 4 nitrogen and oxygen atoms in total. The van der Waals surface area contributed by atoms with Crippen molar-refractivity contribution < 1.29 is 9.13 Å². The van der Waals surface area contributed by atoms with Crippen LogP contribution >= 0.6 is 11.6 Å². The van der Waals surface area contributed by atoms with Gasteiger partial charge in [0.15, 0.2) is 11.6 Å². The molecule has 3 N–H and O–H groups in total. The molecule has 0 amide bonds. The number of halogens is 2. The van der Waals surface area contributed by atoms with E-state index in [1.807, 2.05) is 6.92 Å². The molecule has 0 unspecified atom stereocenters. The van der Waals surface area contributed by atoms with Crippen molar-refractivity contribution in [2.75, 3.05) is 12.4 Å². The molecule has 0 fully saturated rings. The van der Waals surface area contributed by atoms with Gasteiger partial charge in [-0.25, -0.2) is 9.37 Å². The molecule has 0 aliphatic heterocycles. The Kier molecular flexibility index (Phi) is 4.98.